The zero-order valence-corrected chi connectivity index (χ0v) is 11.0. The van der Waals surface area contributed by atoms with E-state index in [4.69, 9.17) is 0 Å². The smallest absolute Gasteiger partial charge is 0.252 e. The molecule has 2 N–H and O–H groups in total. The Morgan fingerprint density at radius 2 is 2.17 bits per heavy atom. The highest BCUT2D eigenvalue weighted by Gasteiger charge is 2.13. The van der Waals surface area contributed by atoms with Crippen molar-refractivity contribution in [3.8, 4) is 0 Å². The van der Waals surface area contributed by atoms with Gasteiger partial charge >= 0.3 is 0 Å². The molecule has 0 saturated carbocycles. The topological polar surface area (TPSA) is 44.9 Å². The average molecular weight is 244 g/mol. The van der Waals surface area contributed by atoms with Crippen molar-refractivity contribution in [2.45, 2.75) is 39.2 Å². The van der Waals surface area contributed by atoms with Crippen molar-refractivity contribution in [1.29, 1.82) is 0 Å². The largest absolute Gasteiger partial charge is 0.361 e. The van der Waals surface area contributed by atoms with E-state index in [0.717, 1.165) is 35.7 Å². The van der Waals surface area contributed by atoms with Crippen molar-refractivity contribution in [1.82, 2.24) is 10.3 Å². The molecule has 1 unspecified atom stereocenters. The Labute approximate surface area is 108 Å². The van der Waals surface area contributed by atoms with Gasteiger partial charge < -0.3 is 10.3 Å². The van der Waals surface area contributed by atoms with Crippen LogP contribution in [0, 0.1) is 0 Å². The molecule has 2 rings (SSSR count). The molecule has 3 nitrogen and oxygen atoms in total. The summed E-state index contributed by atoms with van der Waals surface area (Å²) in [5, 5.41) is 4.10. The fraction of sp³-hybridized carbons (Fsp3) is 0.400. The molecule has 96 valence electrons. The third-order valence-electron chi connectivity index (χ3n) is 3.30. The van der Waals surface area contributed by atoms with Crippen molar-refractivity contribution in [2.24, 2.45) is 0 Å². The van der Waals surface area contributed by atoms with Crippen molar-refractivity contribution in [3.63, 3.8) is 0 Å². The first-order valence-corrected chi connectivity index (χ1v) is 6.63. The van der Waals surface area contributed by atoms with Crippen LogP contribution in [0.1, 0.15) is 43.5 Å². The number of rotatable bonds is 5. The summed E-state index contributed by atoms with van der Waals surface area (Å²) in [7, 11) is 0. The lowest BCUT2D eigenvalue weighted by Crippen LogP contribution is -2.34. The summed E-state index contributed by atoms with van der Waals surface area (Å²) in [4.78, 5) is 15.4. The van der Waals surface area contributed by atoms with Gasteiger partial charge in [0, 0.05) is 28.7 Å². The number of carbonyl (C=O) groups excluding carboxylic acids is 1. The van der Waals surface area contributed by atoms with E-state index >= 15 is 0 Å². The molecule has 3 heteroatoms. The zero-order chi connectivity index (χ0) is 13.0. The lowest BCUT2D eigenvalue weighted by atomic mass is 10.1. The predicted octanol–water partition coefficient (Wildman–Crippen LogP) is 3.48. The van der Waals surface area contributed by atoms with Crippen LogP contribution >= 0.6 is 0 Å². The van der Waals surface area contributed by atoms with E-state index in [9.17, 15) is 4.79 Å². The van der Waals surface area contributed by atoms with Crippen LogP contribution in [0.2, 0.25) is 0 Å². The minimum atomic E-state index is 0.0282. The minimum Gasteiger partial charge on any atom is -0.361 e. The Morgan fingerprint density at radius 1 is 1.33 bits per heavy atom. The monoisotopic (exact) mass is 244 g/mol. The van der Waals surface area contributed by atoms with E-state index in [0.29, 0.717) is 0 Å². The van der Waals surface area contributed by atoms with Crippen molar-refractivity contribution < 1.29 is 4.79 Å². The number of aromatic amines is 1. The fourth-order valence-electron chi connectivity index (χ4n) is 2.27. The van der Waals surface area contributed by atoms with Gasteiger partial charge in [-0.15, -0.1) is 0 Å². The van der Waals surface area contributed by atoms with Crippen LogP contribution < -0.4 is 5.32 Å². The molecule has 0 aliphatic rings. The maximum Gasteiger partial charge on any atom is 0.252 e. The molecule has 0 aliphatic heterocycles. The molecule has 1 amide bonds. The second-order valence-corrected chi connectivity index (χ2v) is 4.61. The molecule has 0 spiro atoms. The lowest BCUT2D eigenvalue weighted by Gasteiger charge is -2.16. The third-order valence-corrected chi connectivity index (χ3v) is 3.30. The van der Waals surface area contributed by atoms with Gasteiger partial charge in [-0.05, 0) is 31.0 Å². The summed E-state index contributed by atoms with van der Waals surface area (Å²) < 4.78 is 0. The lowest BCUT2D eigenvalue weighted by molar-refractivity contribution is 0.0935. The SMILES string of the molecule is CCCC(CC)NC(=O)c1cccc2[nH]ccc12. The second-order valence-electron chi connectivity index (χ2n) is 4.61. The molecular weight excluding hydrogens is 224 g/mol. The molecule has 0 saturated heterocycles. The summed E-state index contributed by atoms with van der Waals surface area (Å²) in [6, 6.07) is 8.00. The van der Waals surface area contributed by atoms with Crippen LogP contribution in [0.5, 0.6) is 0 Å². The maximum absolute atomic E-state index is 12.3. The summed E-state index contributed by atoms with van der Waals surface area (Å²) in [6.45, 7) is 4.25. The fourth-order valence-corrected chi connectivity index (χ4v) is 2.27. The molecule has 0 fully saturated rings. The van der Waals surface area contributed by atoms with Gasteiger partial charge in [-0.2, -0.15) is 0 Å². The van der Waals surface area contributed by atoms with Crippen molar-refractivity contribution in [2.75, 3.05) is 0 Å². The number of amides is 1. The highest BCUT2D eigenvalue weighted by molar-refractivity contribution is 6.06. The summed E-state index contributed by atoms with van der Waals surface area (Å²) in [5.74, 6) is 0.0282. The van der Waals surface area contributed by atoms with E-state index in [1.165, 1.54) is 0 Å². The van der Waals surface area contributed by atoms with Gasteiger partial charge in [-0.25, -0.2) is 0 Å². The van der Waals surface area contributed by atoms with E-state index in [1.807, 2.05) is 30.5 Å². The average Bonchev–Trinajstić information content (AvgIpc) is 2.85. The Morgan fingerprint density at radius 3 is 2.89 bits per heavy atom. The second kappa shape index (κ2) is 5.71. The number of nitrogens with one attached hydrogen (secondary N) is 2. The highest BCUT2D eigenvalue weighted by Crippen LogP contribution is 2.17. The Kier molecular flexibility index (Phi) is 4.03. The van der Waals surface area contributed by atoms with Crippen LogP contribution in [0.3, 0.4) is 0 Å². The Hall–Kier alpha value is -1.77. The van der Waals surface area contributed by atoms with E-state index in [1.54, 1.807) is 0 Å². The summed E-state index contributed by atoms with van der Waals surface area (Å²) in [5.41, 5.74) is 1.76. The summed E-state index contributed by atoms with van der Waals surface area (Å²) in [6.07, 6.45) is 4.96. The number of hydrogen-bond acceptors (Lipinski definition) is 1. The van der Waals surface area contributed by atoms with Gasteiger partial charge in [-0.1, -0.05) is 26.3 Å². The molecule has 0 bridgehead atoms. The van der Waals surface area contributed by atoms with Gasteiger partial charge in [0.15, 0.2) is 0 Å². The normalized spacial score (nSPS) is 12.6. The number of carbonyl (C=O) groups is 1. The molecule has 1 aromatic carbocycles. The first-order valence-electron chi connectivity index (χ1n) is 6.63. The van der Waals surface area contributed by atoms with Gasteiger partial charge in [0.25, 0.3) is 5.91 Å². The van der Waals surface area contributed by atoms with Gasteiger partial charge in [0.05, 0.1) is 0 Å². The first kappa shape index (κ1) is 12.7. The molecule has 0 aliphatic carbocycles. The Bertz CT molecular complexity index is 530. The molecule has 1 aromatic heterocycles. The molecular formula is C15H20N2O. The van der Waals surface area contributed by atoms with E-state index in [2.05, 4.69) is 24.1 Å². The van der Waals surface area contributed by atoms with Crippen LogP contribution in [0.15, 0.2) is 30.5 Å². The van der Waals surface area contributed by atoms with Crippen LogP contribution in [0.4, 0.5) is 0 Å². The molecule has 2 aromatic rings. The standard InChI is InChI=1S/C15H20N2O/c1-3-6-11(4-2)17-15(18)13-7-5-8-14-12(13)9-10-16-14/h5,7-11,16H,3-4,6H2,1-2H3,(H,17,18). The first-order chi connectivity index (χ1) is 8.76. The van der Waals surface area contributed by atoms with E-state index in [-0.39, 0.29) is 11.9 Å². The number of aromatic nitrogens is 1. The predicted molar refractivity (Wildman–Crippen MR) is 74.8 cm³/mol. The molecule has 1 heterocycles. The van der Waals surface area contributed by atoms with Crippen molar-refractivity contribution in [3.05, 3.63) is 36.0 Å². The van der Waals surface area contributed by atoms with E-state index < -0.39 is 0 Å². The number of benzene rings is 1. The number of hydrogen-bond donors (Lipinski definition) is 2. The number of fused-ring (bicyclic) bond motifs is 1. The Balaban J connectivity index is 2.20. The van der Waals surface area contributed by atoms with Gasteiger partial charge in [0.1, 0.15) is 0 Å². The van der Waals surface area contributed by atoms with Gasteiger partial charge in [0.2, 0.25) is 0 Å². The third kappa shape index (κ3) is 2.55. The number of H-pyrrole nitrogens is 1. The zero-order valence-electron chi connectivity index (χ0n) is 11.0. The maximum atomic E-state index is 12.3. The van der Waals surface area contributed by atoms with Crippen LogP contribution in [-0.4, -0.2) is 16.9 Å². The van der Waals surface area contributed by atoms with Crippen molar-refractivity contribution >= 4 is 16.8 Å². The quantitative estimate of drug-likeness (QED) is 0.831. The highest BCUT2D eigenvalue weighted by atomic mass is 16.1. The van der Waals surface area contributed by atoms with Gasteiger partial charge in [-0.3, -0.25) is 4.79 Å². The van der Waals surface area contributed by atoms with Crippen LogP contribution in [0.25, 0.3) is 10.9 Å². The molecule has 1 atom stereocenters. The molecule has 0 radical (unpaired) electrons. The summed E-state index contributed by atoms with van der Waals surface area (Å²) >= 11 is 0. The minimum absolute atomic E-state index is 0.0282. The molecule has 18 heavy (non-hydrogen) atoms. The van der Waals surface area contributed by atoms with Crippen LogP contribution in [-0.2, 0) is 0 Å².